The number of rotatable bonds is 6. The fourth-order valence-electron chi connectivity index (χ4n) is 3.75. The minimum absolute atomic E-state index is 0. The number of carbonyl (C=O) groups excluding carboxylic acids is 2. The first-order valence-electron chi connectivity index (χ1n) is 9.26. The van der Waals surface area contributed by atoms with Gasteiger partial charge in [-0.1, -0.05) is 6.08 Å². The Bertz CT molecular complexity index is 626. The number of nitrogens with zero attached hydrogens (tertiary/aromatic N) is 4. The smallest absolute Gasteiger partial charge is 0.250 e. The van der Waals surface area contributed by atoms with Crippen molar-refractivity contribution in [3.05, 3.63) is 31.1 Å². The van der Waals surface area contributed by atoms with Crippen LogP contribution in [-0.4, -0.2) is 83.8 Å². The molecule has 0 aliphatic carbocycles. The van der Waals surface area contributed by atoms with Crippen LogP contribution in [0.4, 0.5) is 0 Å². The van der Waals surface area contributed by atoms with Gasteiger partial charge in [-0.15, -0.1) is 31.4 Å². The Kier molecular flexibility index (Phi) is 9.95. The van der Waals surface area contributed by atoms with E-state index in [4.69, 9.17) is 0 Å². The van der Waals surface area contributed by atoms with Crippen molar-refractivity contribution in [2.75, 3.05) is 52.4 Å². The van der Waals surface area contributed by atoms with Crippen LogP contribution >= 0.6 is 24.8 Å². The normalized spacial score (nSPS) is 19.1. The Morgan fingerprint density at radius 2 is 1.86 bits per heavy atom. The molecule has 158 valence electrons. The van der Waals surface area contributed by atoms with Gasteiger partial charge < -0.3 is 15.5 Å². The summed E-state index contributed by atoms with van der Waals surface area (Å²) in [6.07, 6.45) is 6.79. The number of nitrogens with one attached hydrogen (secondary N) is 2. The van der Waals surface area contributed by atoms with Gasteiger partial charge in [-0.25, -0.2) is 0 Å². The van der Waals surface area contributed by atoms with Gasteiger partial charge >= 0.3 is 0 Å². The van der Waals surface area contributed by atoms with Crippen molar-refractivity contribution in [3.8, 4) is 0 Å². The van der Waals surface area contributed by atoms with Crippen LogP contribution < -0.4 is 10.6 Å². The highest BCUT2D eigenvalue weighted by Gasteiger charge is 2.44. The molecule has 0 aromatic carbocycles. The molecule has 28 heavy (non-hydrogen) atoms. The Morgan fingerprint density at radius 1 is 1.18 bits per heavy atom. The van der Waals surface area contributed by atoms with Crippen molar-refractivity contribution in [2.24, 2.45) is 0 Å². The lowest BCUT2D eigenvalue weighted by molar-refractivity contribution is -0.145. The average Bonchev–Trinajstić information content (AvgIpc) is 3.22. The molecule has 2 saturated heterocycles. The lowest BCUT2D eigenvalue weighted by atomic mass is 9.86. The Morgan fingerprint density at radius 3 is 2.43 bits per heavy atom. The Balaban J connectivity index is 0.00000196. The molecule has 0 saturated carbocycles. The van der Waals surface area contributed by atoms with Crippen LogP contribution in [0.15, 0.2) is 31.1 Å². The fourth-order valence-corrected chi connectivity index (χ4v) is 3.75. The van der Waals surface area contributed by atoms with E-state index in [1.807, 2.05) is 21.8 Å². The molecule has 8 nitrogen and oxygen atoms in total. The number of hydrogen-bond acceptors (Lipinski definition) is 5. The molecule has 0 bridgehead atoms. The third kappa shape index (κ3) is 5.47. The lowest BCUT2D eigenvalue weighted by Crippen LogP contribution is -2.59. The van der Waals surface area contributed by atoms with Gasteiger partial charge in [-0.3, -0.25) is 19.2 Å². The molecule has 2 N–H and O–H groups in total. The molecule has 2 aliphatic heterocycles. The minimum atomic E-state index is -0.585. The first-order chi connectivity index (χ1) is 12.7. The van der Waals surface area contributed by atoms with Gasteiger partial charge in [0.15, 0.2) is 0 Å². The zero-order valence-corrected chi connectivity index (χ0v) is 17.6. The van der Waals surface area contributed by atoms with E-state index >= 15 is 0 Å². The van der Waals surface area contributed by atoms with Crippen LogP contribution in [-0.2, 0) is 15.1 Å². The highest BCUT2D eigenvalue weighted by molar-refractivity contribution is 5.86. The second kappa shape index (κ2) is 11.4. The minimum Gasteiger partial charge on any atom is -0.352 e. The van der Waals surface area contributed by atoms with Crippen LogP contribution in [0, 0.1) is 0 Å². The van der Waals surface area contributed by atoms with Gasteiger partial charge in [-0.05, 0) is 32.0 Å². The molecule has 2 fully saturated rings. The Hall–Kier alpha value is -1.61. The predicted molar refractivity (Wildman–Crippen MR) is 113 cm³/mol. The summed E-state index contributed by atoms with van der Waals surface area (Å²) in [5.74, 6) is 0.148. The van der Waals surface area contributed by atoms with Crippen LogP contribution in [0.25, 0.3) is 0 Å². The zero-order chi connectivity index (χ0) is 18.4. The number of carbonyl (C=O) groups is 2. The number of aromatic nitrogens is 2. The third-order valence-corrected chi connectivity index (χ3v) is 5.24. The Labute approximate surface area is 178 Å². The molecule has 0 spiro atoms. The first-order valence-corrected chi connectivity index (χ1v) is 9.26. The molecular formula is C18H30Cl2N6O2. The van der Waals surface area contributed by atoms with Crippen LogP contribution in [0.1, 0.15) is 12.8 Å². The average molecular weight is 433 g/mol. The van der Waals surface area contributed by atoms with Gasteiger partial charge in [0.25, 0.3) is 5.91 Å². The number of amides is 2. The van der Waals surface area contributed by atoms with Gasteiger partial charge in [0, 0.05) is 45.1 Å². The molecule has 3 rings (SSSR count). The van der Waals surface area contributed by atoms with Gasteiger partial charge in [0.2, 0.25) is 5.91 Å². The third-order valence-electron chi connectivity index (χ3n) is 5.24. The SMILES string of the molecule is C=CCNC(=O)CN1CCN(C(=O)C2(n3cccn3)CCNCC2)CC1.Cl.Cl. The molecular weight excluding hydrogens is 403 g/mol. The second-order valence-electron chi connectivity index (χ2n) is 6.89. The van der Waals surface area contributed by atoms with Crippen LogP contribution in [0.2, 0.25) is 0 Å². The van der Waals surface area contributed by atoms with E-state index in [2.05, 4.69) is 27.2 Å². The maximum Gasteiger partial charge on any atom is 0.250 e. The number of hydrogen-bond donors (Lipinski definition) is 2. The lowest BCUT2D eigenvalue weighted by Gasteiger charge is -2.43. The van der Waals surface area contributed by atoms with Gasteiger partial charge in [0.05, 0.1) is 6.54 Å². The molecule has 0 radical (unpaired) electrons. The summed E-state index contributed by atoms with van der Waals surface area (Å²) in [4.78, 5) is 29.2. The predicted octanol–water partition coefficient (Wildman–Crippen LogP) is 0.252. The van der Waals surface area contributed by atoms with Crippen molar-refractivity contribution < 1.29 is 9.59 Å². The van der Waals surface area contributed by atoms with E-state index in [0.717, 1.165) is 25.9 Å². The van der Waals surface area contributed by atoms with Gasteiger partial charge in [0.1, 0.15) is 5.54 Å². The topological polar surface area (TPSA) is 82.5 Å². The van der Waals surface area contributed by atoms with Crippen molar-refractivity contribution in [1.82, 2.24) is 30.2 Å². The summed E-state index contributed by atoms with van der Waals surface area (Å²) in [6.45, 7) is 8.78. The van der Waals surface area contributed by atoms with Crippen LogP contribution in [0.3, 0.4) is 0 Å². The monoisotopic (exact) mass is 432 g/mol. The molecule has 0 unspecified atom stereocenters. The highest BCUT2D eigenvalue weighted by atomic mass is 35.5. The summed E-state index contributed by atoms with van der Waals surface area (Å²) in [7, 11) is 0. The van der Waals surface area contributed by atoms with Gasteiger partial charge in [-0.2, -0.15) is 5.10 Å². The summed E-state index contributed by atoms with van der Waals surface area (Å²) in [6, 6.07) is 1.87. The molecule has 3 heterocycles. The molecule has 10 heteroatoms. The summed E-state index contributed by atoms with van der Waals surface area (Å²) in [5, 5.41) is 10.5. The molecule has 2 aliphatic rings. The van der Waals surface area contributed by atoms with Crippen molar-refractivity contribution in [2.45, 2.75) is 18.4 Å². The summed E-state index contributed by atoms with van der Waals surface area (Å²) in [5.41, 5.74) is -0.585. The maximum atomic E-state index is 13.4. The van der Waals surface area contributed by atoms with Crippen molar-refractivity contribution in [1.29, 1.82) is 0 Å². The fraction of sp³-hybridized carbons (Fsp3) is 0.611. The standard InChI is InChI=1S/C18H28N6O2.2ClH/c1-2-6-20-16(25)15-22-11-13-23(14-12-22)17(26)18(4-8-19-9-5-18)24-10-3-7-21-24;;/h2-3,7,10,19H,1,4-6,8-9,11-15H2,(H,20,25);2*1H. The largest absolute Gasteiger partial charge is 0.352 e. The zero-order valence-electron chi connectivity index (χ0n) is 16.0. The summed E-state index contributed by atoms with van der Waals surface area (Å²) < 4.78 is 1.84. The molecule has 1 aromatic heterocycles. The van der Waals surface area contributed by atoms with E-state index in [1.165, 1.54) is 0 Å². The summed E-state index contributed by atoms with van der Waals surface area (Å²) >= 11 is 0. The quantitative estimate of drug-likeness (QED) is 0.629. The van der Waals surface area contributed by atoms with E-state index in [1.54, 1.807) is 12.3 Å². The van der Waals surface area contributed by atoms with E-state index in [-0.39, 0.29) is 36.6 Å². The van der Waals surface area contributed by atoms with Crippen LogP contribution in [0.5, 0.6) is 0 Å². The molecule has 0 atom stereocenters. The van der Waals surface area contributed by atoms with Crippen molar-refractivity contribution >= 4 is 36.6 Å². The first kappa shape index (κ1) is 24.4. The number of piperidine rings is 1. The van der Waals surface area contributed by atoms with E-state index in [0.29, 0.717) is 39.3 Å². The molecule has 2 amide bonds. The second-order valence-corrected chi connectivity index (χ2v) is 6.89. The number of halogens is 2. The number of piperazine rings is 1. The molecule has 1 aromatic rings. The maximum absolute atomic E-state index is 13.4. The van der Waals surface area contributed by atoms with Crippen molar-refractivity contribution in [3.63, 3.8) is 0 Å². The highest BCUT2D eigenvalue weighted by Crippen LogP contribution is 2.29. The van der Waals surface area contributed by atoms with E-state index in [9.17, 15) is 9.59 Å². The van der Waals surface area contributed by atoms with E-state index < -0.39 is 5.54 Å².